The van der Waals surface area contributed by atoms with Crippen molar-refractivity contribution in [1.29, 1.82) is 0 Å². The van der Waals surface area contributed by atoms with Gasteiger partial charge in [-0.1, -0.05) is 30.3 Å². The Labute approximate surface area is 176 Å². The average molecular weight is 450 g/mol. The Morgan fingerprint density at radius 2 is 1.48 bits per heavy atom. The molecule has 0 atom stereocenters. The summed E-state index contributed by atoms with van der Waals surface area (Å²) in [6.45, 7) is 0. The number of anilines is 2. The first-order chi connectivity index (χ1) is 14.6. The molecule has 3 rings (SSSR count). The van der Waals surface area contributed by atoms with E-state index in [0.717, 1.165) is 10.4 Å². The second-order valence-corrected chi connectivity index (χ2v) is 8.30. The molecule has 3 aromatic rings. The number of ether oxygens (including phenoxy) is 1. The first-order valence-electron chi connectivity index (χ1n) is 8.88. The zero-order chi connectivity index (χ0) is 22.6. The number of nitrogens with zero attached hydrogens (tertiary/aromatic N) is 1. The summed E-state index contributed by atoms with van der Waals surface area (Å²) in [4.78, 5) is 12.4. The molecule has 0 unspecified atom stereocenters. The van der Waals surface area contributed by atoms with Gasteiger partial charge in [-0.05, 0) is 48.5 Å². The van der Waals surface area contributed by atoms with Gasteiger partial charge in [0.05, 0.1) is 16.3 Å². The molecular weight excluding hydrogens is 433 g/mol. The van der Waals surface area contributed by atoms with Crippen LogP contribution in [0.1, 0.15) is 10.4 Å². The molecule has 0 fully saturated rings. The van der Waals surface area contributed by atoms with Gasteiger partial charge in [0, 0.05) is 12.6 Å². The number of sulfonamides is 1. The topological polar surface area (TPSA) is 75.7 Å². The molecular formula is C21H17F3N2O4S. The summed E-state index contributed by atoms with van der Waals surface area (Å²) in [5.41, 5.74) is 0.346. The summed E-state index contributed by atoms with van der Waals surface area (Å²) >= 11 is 0. The molecule has 0 aliphatic heterocycles. The van der Waals surface area contributed by atoms with E-state index >= 15 is 0 Å². The van der Waals surface area contributed by atoms with Crippen LogP contribution in [-0.4, -0.2) is 27.7 Å². The largest absolute Gasteiger partial charge is 0.573 e. The number of carbonyl (C=O) groups excluding carboxylic acids is 1. The molecule has 6 nitrogen and oxygen atoms in total. The Morgan fingerprint density at radius 3 is 2.10 bits per heavy atom. The van der Waals surface area contributed by atoms with Gasteiger partial charge in [0.2, 0.25) is 0 Å². The molecule has 0 spiro atoms. The first kappa shape index (κ1) is 22.2. The number of benzene rings is 3. The number of halogens is 3. The fourth-order valence-corrected chi connectivity index (χ4v) is 3.89. The van der Waals surface area contributed by atoms with E-state index in [4.69, 9.17) is 0 Å². The summed E-state index contributed by atoms with van der Waals surface area (Å²) < 4.78 is 68.2. The maximum Gasteiger partial charge on any atom is 0.573 e. The van der Waals surface area contributed by atoms with Gasteiger partial charge in [0.15, 0.2) is 5.75 Å². The van der Waals surface area contributed by atoms with E-state index in [1.165, 1.54) is 49.5 Å². The Balaban J connectivity index is 1.79. The van der Waals surface area contributed by atoms with E-state index in [-0.39, 0.29) is 16.1 Å². The van der Waals surface area contributed by atoms with E-state index in [2.05, 4.69) is 10.1 Å². The number of carbonyl (C=O) groups is 1. The lowest BCUT2D eigenvalue weighted by Gasteiger charge is -2.19. The number of rotatable bonds is 6. The summed E-state index contributed by atoms with van der Waals surface area (Å²) in [6, 6.07) is 18.6. The first-order valence-corrected chi connectivity index (χ1v) is 10.3. The van der Waals surface area contributed by atoms with Gasteiger partial charge in [0.25, 0.3) is 15.9 Å². The predicted octanol–water partition coefficient (Wildman–Crippen LogP) is 4.66. The highest BCUT2D eigenvalue weighted by atomic mass is 32.2. The predicted molar refractivity (Wildman–Crippen MR) is 110 cm³/mol. The lowest BCUT2D eigenvalue weighted by molar-refractivity contribution is -0.274. The highest BCUT2D eigenvalue weighted by Gasteiger charge is 2.32. The van der Waals surface area contributed by atoms with E-state index in [1.54, 1.807) is 30.3 Å². The third-order valence-electron chi connectivity index (χ3n) is 4.26. The monoisotopic (exact) mass is 450 g/mol. The molecule has 10 heteroatoms. The minimum Gasteiger partial charge on any atom is -0.404 e. The van der Waals surface area contributed by atoms with Crippen molar-refractivity contribution in [3.05, 3.63) is 84.4 Å². The third kappa shape index (κ3) is 5.34. The van der Waals surface area contributed by atoms with Gasteiger partial charge in [-0.3, -0.25) is 9.10 Å². The van der Waals surface area contributed by atoms with Crippen molar-refractivity contribution in [1.82, 2.24) is 0 Å². The van der Waals surface area contributed by atoms with Gasteiger partial charge in [-0.25, -0.2) is 8.42 Å². The molecule has 0 saturated carbocycles. The SMILES string of the molecule is CN(c1ccccc1)S(=O)(=O)c1ccc(C(=O)Nc2ccccc2OC(F)(F)F)cc1. The molecule has 162 valence electrons. The van der Waals surface area contributed by atoms with Crippen molar-refractivity contribution in [2.45, 2.75) is 11.3 Å². The number of hydrogen-bond acceptors (Lipinski definition) is 4. The van der Waals surface area contributed by atoms with Crippen LogP contribution >= 0.6 is 0 Å². The molecule has 1 amide bonds. The molecule has 0 heterocycles. The van der Waals surface area contributed by atoms with Crippen LogP contribution in [0, 0.1) is 0 Å². The zero-order valence-electron chi connectivity index (χ0n) is 16.1. The van der Waals surface area contributed by atoms with Gasteiger partial charge in [-0.15, -0.1) is 13.2 Å². The van der Waals surface area contributed by atoms with Gasteiger partial charge >= 0.3 is 6.36 Å². The normalized spacial score (nSPS) is 11.6. The molecule has 3 aromatic carbocycles. The number of amides is 1. The number of para-hydroxylation sites is 3. The van der Waals surface area contributed by atoms with E-state index in [1.807, 2.05) is 0 Å². The molecule has 0 bridgehead atoms. The van der Waals surface area contributed by atoms with Crippen LogP contribution in [0.2, 0.25) is 0 Å². The smallest absolute Gasteiger partial charge is 0.404 e. The van der Waals surface area contributed by atoms with Gasteiger partial charge in [-0.2, -0.15) is 0 Å². The van der Waals surface area contributed by atoms with Gasteiger partial charge < -0.3 is 10.1 Å². The van der Waals surface area contributed by atoms with Crippen LogP contribution in [0.4, 0.5) is 24.5 Å². The Morgan fingerprint density at radius 1 is 0.903 bits per heavy atom. The van der Waals surface area contributed by atoms with Crippen molar-refractivity contribution < 1.29 is 31.1 Å². The van der Waals surface area contributed by atoms with Crippen LogP contribution < -0.4 is 14.4 Å². The van der Waals surface area contributed by atoms with Gasteiger partial charge in [0.1, 0.15) is 0 Å². The van der Waals surface area contributed by atoms with Crippen molar-refractivity contribution >= 4 is 27.3 Å². The second-order valence-electron chi connectivity index (χ2n) is 6.33. The van der Waals surface area contributed by atoms with Crippen molar-refractivity contribution in [3.63, 3.8) is 0 Å². The van der Waals surface area contributed by atoms with E-state index in [0.29, 0.717) is 5.69 Å². The number of nitrogens with one attached hydrogen (secondary N) is 1. The summed E-state index contributed by atoms with van der Waals surface area (Å²) in [5.74, 6) is -1.29. The standard InChI is InChI=1S/C21H17F3N2O4S/c1-26(16-7-3-2-4-8-16)31(28,29)17-13-11-15(12-14-17)20(27)25-18-9-5-6-10-19(18)30-21(22,23)24/h2-14H,1H3,(H,25,27). The summed E-state index contributed by atoms with van der Waals surface area (Å²) in [7, 11) is -2.46. The molecule has 1 N–H and O–H groups in total. The highest BCUT2D eigenvalue weighted by molar-refractivity contribution is 7.92. The van der Waals surface area contributed by atoms with Crippen LogP contribution in [0.3, 0.4) is 0 Å². The molecule has 0 aliphatic carbocycles. The quantitative estimate of drug-likeness (QED) is 0.593. The van der Waals surface area contributed by atoms with E-state index < -0.39 is 28.0 Å². The molecule has 0 saturated heterocycles. The second kappa shape index (κ2) is 8.68. The number of alkyl halides is 3. The van der Waals surface area contributed by atoms with Crippen molar-refractivity contribution in [3.8, 4) is 5.75 Å². The van der Waals surface area contributed by atoms with Crippen LogP contribution in [0.15, 0.2) is 83.8 Å². The minimum atomic E-state index is -4.92. The third-order valence-corrected chi connectivity index (χ3v) is 6.06. The molecule has 0 radical (unpaired) electrons. The fraction of sp³-hybridized carbons (Fsp3) is 0.0952. The van der Waals surface area contributed by atoms with Crippen LogP contribution in [0.25, 0.3) is 0 Å². The summed E-state index contributed by atoms with van der Waals surface area (Å²) in [5, 5.41) is 2.33. The maximum atomic E-state index is 12.8. The molecule has 0 aromatic heterocycles. The Hall–Kier alpha value is -3.53. The lowest BCUT2D eigenvalue weighted by Crippen LogP contribution is -2.26. The molecule has 31 heavy (non-hydrogen) atoms. The maximum absolute atomic E-state index is 12.8. The van der Waals surface area contributed by atoms with Crippen LogP contribution in [0.5, 0.6) is 5.75 Å². The number of hydrogen-bond donors (Lipinski definition) is 1. The molecule has 0 aliphatic rings. The fourth-order valence-electron chi connectivity index (χ4n) is 2.69. The van der Waals surface area contributed by atoms with Crippen molar-refractivity contribution in [2.75, 3.05) is 16.7 Å². The van der Waals surface area contributed by atoms with Crippen molar-refractivity contribution in [2.24, 2.45) is 0 Å². The summed E-state index contributed by atoms with van der Waals surface area (Å²) in [6.07, 6.45) is -4.92. The lowest BCUT2D eigenvalue weighted by atomic mass is 10.2. The Bertz CT molecular complexity index is 1170. The average Bonchev–Trinajstić information content (AvgIpc) is 2.74. The highest BCUT2D eigenvalue weighted by Crippen LogP contribution is 2.30. The minimum absolute atomic E-state index is 0.0452. The van der Waals surface area contributed by atoms with Crippen LogP contribution in [-0.2, 0) is 10.0 Å². The van der Waals surface area contributed by atoms with E-state index in [9.17, 15) is 26.4 Å². The zero-order valence-corrected chi connectivity index (χ0v) is 16.9. The Kier molecular flexibility index (Phi) is 6.21.